The van der Waals surface area contributed by atoms with Crippen molar-refractivity contribution in [1.82, 2.24) is 25.1 Å². The van der Waals surface area contributed by atoms with E-state index in [1.807, 2.05) is 19.3 Å². The molecule has 0 bridgehead atoms. The van der Waals surface area contributed by atoms with E-state index in [9.17, 15) is 13.6 Å². The molecule has 0 aliphatic heterocycles. The van der Waals surface area contributed by atoms with Crippen LogP contribution in [0, 0.1) is 18.6 Å². The average molecular weight is 473 g/mol. The highest BCUT2D eigenvalue weighted by Gasteiger charge is 2.18. The Morgan fingerprint density at radius 1 is 1.09 bits per heavy atom. The van der Waals surface area contributed by atoms with Crippen molar-refractivity contribution in [3.05, 3.63) is 95.4 Å². The zero-order valence-electron chi connectivity index (χ0n) is 19.0. The number of halogens is 2. The van der Waals surface area contributed by atoms with Crippen LogP contribution in [0.25, 0.3) is 22.3 Å². The highest BCUT2D eigenvalue weighted by Crippen LogP contribution is 2.37. The molecule has 5 rings (SSSR count). The van der Waals surface area contributed by atoms with E-state index in [-0.39, 0.29) is 12.5 Å². The molecule has 3 heterocycles. The number of amides is 1. The van der Waals surface area contributed by atoms with E-state index in [0.717, 1.165) is 22.7 Å². The molecule has 9 heteroatoms. The van der Waals surface area contributed by atoms with Gasteiger partial charge < -0.3 is 15.0 Å². The van der Waals surface area contributed by atoms with Gasteiger partial charge in [-0.1, -0.05) is 6.07 Å². The van der Waals surface area contributed by atoms with Crippen LogP contribution in [0.1, 0.15) is 21.5 Å². The molecule has 35 heavy (non-hydrogen) atoms. The van der Waals surface area contributed by atoms with Crippen molar-refractivity contribution >= 4 is 16.9 Å². The molecule has 2 aromatic carbocycles. The lowest BCUT2D eigenvalue weighted by Crippen LogP contribution is -2.23. The first-order valence-corrected chi connectivity index (χ1v) is 10.9. The van der Waals surface area contributed by atoms with Crippen molar-refractivity contribution in [2.24, 2.45) is 7.05 Å². The maximum Gasteiger partial charge on any atom is 0.251 e. The number of aryl methyl sites for hydroxylation is 1. The first-order chi connectivity index (χ1) is 16.9. The number of carbonyl (C=O) groups excluding carboxylic acids is 1. The molecule has 0 aliphatic rings. The van der Waals surface area contributed by atoms with E-state index in [0.29, 0.717) is 33.8 Å². The van der Waals surface area contributed by atoms with Crippen LogP contribution < -0.4 is 10.1 Å². The number of hydrogen-bond acceptors (Lipinski definition) is 4. The van der Waals surface area contributed by atoms with Gasteiger partial charge >= 0.3 is 0 Å². The average Bonchev–Trinajstić information content (AvgIpc) is 3.44. The number of hydrogen-bond donors (Lipinski definition) is 2. The largest absolute Gasteiger partial charge is 0.456 e. The lowest BCUT2D eigenvalue weighted by atomic mass is 10.1. The summed E-state index contributed by atoms with van der Waals surface area (Å²) in [6.45, 7) is 1.77. The number of nitrogens with zero attached hydrogens (tertiary/aromatic N) is 3. The Hall–Kier alpha value is -4.53. The Kier molecular flexibility index (Phi) is 5.74. The molecule has 0 saturated heterocycles. The van der Waals surface area contributed by atoms with Gasteiger partial charge in [-0.25, -0.2) is 13.8 Å². The summed E-state index contributed by atoms with van der Waals surface area (Å²) >= 11 is 0. The van der Waals surface area contributed by atoms with Crippen molar-refractivity contribution in [1.29, 1.82) is 0 Å². The number of nitrogens with one attached hydrogen (secondary N) is 2. The maximum atomic E-state index is 13.4. The molecule has 0 spiro atoms. The molecular formula is C26H21F2N5O2. The second-order valence-electron chi connectivity index (χ2n) is 8.07. The van der Waals surface area contributed by atoms with E-state index >= 15 is 0 Å². The number of ether oxygens (including phenoxy) is 1. The number of benzene rings is 2. The summed E-state index contributed by atoms with van der Waals surface area (Å²) in [5.74, 6) is -0.698. The topological polar surface area (TPSA) is 84.8 Å². The SMILES string of the molecule is Cc1c(Oc2ccnc3[nH]cc(-c4ccnn4C)c23)cccc1C(=O)NCc1cc(F)cc(F)c1. The van der Waals surface area contributed by atoms with Gasteiger partial charge in [0.2, 0.25) is 0 Å². The molecule has 0 fully saturated rings. The van der Waals surface area contributed by atoms with Crippen molar-refractivity contribution in [3.63, 3.8) is 0 Å². The van der Waals surface area contributed by atoms with Crippen LogP contribution in [0.3, 0.4) is 0 Å². The Bertz CT molecular complexity index is 1540. The van der Waals surface area contributed by atoms with Gasteiger partial charge in [0.05, 0.1) is 11.1 Å². The molecule has 7 nitrogen and oxygen atoms in total. The standard InChI is InChI=1S/C26H21F2N5O2/c1-15-19(26(34)31-13-16-10-17(27)12-18(28)11-16)4-3-5-22(15)35-23-7-8-29-25-24(23)20(14-30-25)21-6-9-32-33(21)2/h3-12,14H,13H2,1-2H3,(H,29,30)(H,31,34). The molecule has 0 unspecified atom stereocenters. The van der Waals surface area contributed by atoms with E-state index in [1.165, 1.54) is 12.1 Å². The highest BCUT2D eigenvalue weighted by molar-refractivity contribution is 5.98. The lowest BCUT2D eigenvalue weighted by Gasteiger charge is -2.14. The first kappa shape index (κ1) is 22.3. The number of aromatic nitrogens is 4. The van der Waals surface area contributed by atoms with E-state index in [4.69, 9.17) is 4.74 Å². The van der Waals surface area contributed by atoms with Crippen LogP contribution in [0.2, 0.25) is 0 Å². The number of rotatable bonds is 6. The Labute approximate surface area is 199 Å². The zero-order valence-corrected chi connectivity index (χ0v) is 19.0. The molecule has 2 N–H and O–H groups in total. The third-order valence-electron chi connectivity index (χ3n) is 5.76. The number of aromatic amines is 1. The van der Waals surface area contributed by atoms with E-state index < -0.39 is 11.6 Å². The third kappa shape index (κ3) is 4.35. The first-order valence-electron chi connectivity index (χ1n) is 10.9. The quantitative estimate of drug-likeness (QED) is 0.352. The third-order valence-corrected chi connectivity index (χ3v) is 5.76. The summed E-state index contributed by atoms with van der Waals surface area (Å²) in [4.78, 5) is 20.4. The van der Waals surface area contributed by atoms with Crippen molar-refractivity contribution in [2.75, 3.05) is 0 Å². The monoisotopic (exact) mass is 473 g/mol. The van der Waals surface area contributed by atoms with Gasteiger partial charge in [-0.3, -0.25) is 9.48 Å². The van der Waals surface area contributed by atoms with Crippen LogP contribution >= 0.6 is 0 Å². The Balaban J connectivity index is 1.43. The summed E-state index contributed by atoms with van der Waals surface area (Å²) in [7, 11) is 1.86. The van der Waals surface area contributed by atoms with Crippen LogP contribution in [0.5, 0.6) is 11.5 Å². The second-order valence-corrected chi connectivity index (χ2v) is 8.07. The Morgan fingerprint density at radius 2 is 1.89 bits per heavy atom. The predicted octanol–water partition coefficient (Wildman–Crippen LogP) is 5.27. The fourth-order valence-corrected chi connectivity index (χ4v) is 4.03. The van der Waals surface area contributed by atoms with E-state index in [2.05, 4.69) is 20.4 Å². The molecule has 3 aromatic heterocycles. The minimum Gasteiger partial charge on any atom is -0.456 e. The van der Waals surface area contributed by atoms with Gasteiger partial charge in [0.1, 0.15) is 28.8 Å². The molecule has 1 amide bonds. The van der Waals surface area contributed by atoms with E-state index in [1.54, 1.807) is 48.3 Å². The maximum absolute atomic E-state index is 13.4. The Morgan fingerprint density at radius 3 is 2.63 bits per heavy atom. The molecule has 0 radical (unpaired) electrons. The fourth-order valence-electron chi connectivity index (χ4n) is 4.03. The zero-order chi connectivity index (χ0) is 24.5. The summed E-state index contributed by atoms with van der Waals surface area (Å²) in [6.07, 6.45) is 5.22. The van der Waals surface area contributed by atoms with Crippen molar-refractivity contribution in [3.8, 4) is 22.8 Å². The molecule has 5 aromatic rings. The van der Waals surface area contributed by atoms with Crippen LogP contribution in [-0.4, -0.2) is 25.7 Å². The minimum atomic E-state index is -0.695. The van der Waals surface area contributed by atoms with Gasteiger partial charge in [0.25, 0.3) is 5.91 Å². The predicted molar refractivity (Wildman–Crippen MR) is 127 cm³/mol. The summed E-state index contributed by atoms with van der Waals surface area (Å²) in [5.41, 5.74) is 3.79. The van der Waals surface area contributed by atoms with Crippen molar-refractivity contribution < 1.29 is 18.3 Å². The lowest BCUT2D eigenvalue weighted by molar-refractivity contribution is 0.0950. The van der Waals surface area contributed by atoms with Crippen LogP contribution in [0.15, 0.2) is 67.1 Å². The smallest absolute Gasteiger partial charge is 0.251 e. The number of fused-ring (bicyclic) bond motifs is 1. The number of carbonyl (C=O) groups is 1. The summed E-state index contributed by atoms with van der Waals surface area (Å²) in [6, 6.07) is 12.0. The number of pyridine rings is 1. The fraction of sp³-hybridized carbons (Fsp3) is 0.115. The van der Waals surface area contributed by atoms with Crippen LogP contribution in [-0.2, 0) is 13.6 Å². The minimum absolute atomic E-state index is 0.0135. The second kappa shape index (κ2) is 9.02. The van der Waals surface area contributed by atoms with Gasteiger partial charge in [-0.2, -0.15) is 5.10 Å². The van der Waals surface area contributed by atoms with Gasteiger partial charge in [-0.05, 0) is 48.9 Å². The molecular weight excluding hydrogens is 452 g/mol. The molecule has 176 valence electrons. The van der Waals surface area contributed by atoms with Gasteiger partial charge in [0, 0.05) is 54.9 Å². The van der Waals surface area contributed by atoms with Gasteiger partial charge in [0.15, 0.2) is 0 Å². The van der Waals surface area contributed by atoms with Gasteiger partial charge in [-0.15, -0.1) is 0 Å². The van der Waals surface area contributed by atoms with Crippen molar-refractivity contribution in [2.45, 2.75) is 13.5 Å². The number of H-pyrrole nitrogens is 1. The van der Waals surface area contributed by atoms with Crippen LogP contribution in [0.4, 0.5) is 8.78 Å². The summed E-state index contributed by atoms with van der Waals surface area (Å²) < 4.78 is 34.9. The highest BCUT2D eigenvalue weighted by atomic mass is 19.1. The summed E-state index contributed by atoms with van der Waals surface area (Å²) in [5, 5.41) is 7.74. The molecule has 0 atom stereocenters. The molecule has 0 saturated carbocycles. The normalized spacial score (nSPS) is 11.1. The molecule has 0 aliphatic carbocycles.